The van der Waals surface area contributed by atoms with E-state index >= 15 is 0 Å². The van der Waals surface area contributed by atoms with Crippen molar-refractivity contribution in [2.45, 2.75) is 20.0 Å². The van der Waals surface area contributed by atoms with Gasteiger partial charge in [0.15, 0.2) is 0 Å². The van der Waals surface area contributed by atoms with E-state index in [4.69, 9.17) is 0 Å². The first-order valence-corrected chi connectivity index (χ1v) is 8.69. The second kappa shape index (κ2) is 8.74. The molecule has 0 atom stereocenters. The van der Waals surface area contributed by atoms with E-state index in [9.17, 15) is 19.7 Å². The monoisotopic (exact) mass is 394 g/mol. The quantitative estimate of drug-likeness (QED) is 0.466. The Morgan fingerprint density at radius 3 is 2.55 bits per heavy atom. The van der Waals surface area contributed by atoms with Gasteiger partial charge in [-0.15, -0.1) is 0 Å². The van der Waals surface area contributed by atoms with Gasteiger partial charge < -0.3 is 20.7 Å². The molecule has 0 saturated carbocycles. The Morgan fingerprint density at radius 2 is 1.86 bits per heavy atom. The van der Waals surface area contributed by atoms with Gasteiger partial charge in [0.2, 0.25) is 12.2 Å². The predicted molar refractivity (Wildman–Crippen MR) is 104 cm³/mol. The summed E-state index contributed by atoms with van der Waals surface area (Å²) in [4.78, 5) is 38.2. The van der Waals surface area contributed by atoms with Crippen LogP contribution in [-0.4, -0.2) is 31.5 Å². The van der Waals surface area contributed by atoms with E-state index in [1.807, 2.05) is 31.2 Å². The van der Waals surface area contributed by atoms with E-state index < -0.39 is 16.8 Å². The van der Waals surface area contributed by atoms with E-state index in [1.165, 1.54) is 0 Å². The number of hydrogen-bond acceptors (Lipinski definition) is 6. The van der Waals surface area contributed by atoms with E-state index in [1.54, 1.807) is 24.3 Å². The molecule has 2 amide bonds. The van der Waals surface area contributed by atoms with E-state index in [-0.39, 0.29) is 12.5 Å². The number of carbonyl (C=O) groups is 2. The second-order valence-corrected chi connectivity index (χ2v) is 6.26. The van der Waals surface area contributed by atoms with Crippen LogP contribution in [0.3, 0.4) is 0 Å². The van der Waals surface area contributed by atoms with Gasteiger partial charge in [0.25, 0.3) is 5.91 Å². The summed E-state index contributed by atoms with van der Waals surface area (Å²) in [5.74, 6) is -1.42. The maximum Gasteiger partial charge on any atom is 0.490 e. The number of benzene rings is 2. The van der Waals surface area contributed by atoms with Crippen LogP contribution >= 0.6 is 0 Å². The number of hydrogen-bond donors (Lipinski definition) is 2. The molecule has 3 aromatic rings. The van der Waals surface area contributed by atoms with Gasteiger partial charge in [0.05, 0.1) is 11.3 Å². The number of amides is 2. The average molecular weight is 394 g/mol. The Balaban J connectivity index is 1.64. The highest BCUT2D eigenvalue weighted by atomic mass is 16.6. The number of nitro groups is 1. The molecule has 0 unspecified atom stereocenters. The number of rotatable bonds is 7. The fraction of sp³-hybridized carbons (Fsp3) is 0.158. The lowest BCUT2D eigenvalue weighted by Crippen LogP contribution is -2.26. The fourth-order valence-electron chi connectivity index (χ4n) is 2.56. The highest BCUT2D eigenvalue weighted by Crippen LogP contribution is 2.15. The van der Waals surface area contributed by atoms with Crippen molar-refractivity contribution in [2.24, 2.45) is 0 Å². The molecule has 2 aromatic carbocycles. The molecule has 10 heteroatoms. The van der Waals surface area contributed by atoms with Crippen molar-refractivity contribution in [2.75, 3.05) is 5.32 Å². The van der Waals surface area contributed by atoms with Crippen LogP contribution in [0.1, 0.15) is 21.5 Å². The van der Waals surface area contributed by atoms with Crippen molar-refractivity contribution in [3.05, 3.63) is 81.7 Å². The minimum Gasteiger partial charge on any atom is -0.390 e. The zero-order valence-electron chi connectivity index (χ0n) is 15.5. The van der Waals surface area contributed by atoms with Crippen LogP contribution in [0, 0.1) is 17.0 Å². The predicted octanol–water partition coefficient (Wildman–Crippen LogP) is 2.06. The Morgan fingerprint density at radius 1 is 1.14 bits per heavy atom. The van der Waals surface area contributed by atoms with Crippen molar-refractivity contribution in [3.63, 3.8) is 0 Å². The van der Waals surface area contributed by atoms with Gasteiger partial charge in [-0.05, 0) is 29.5 Å². The second-order valence-electron chi connectivity index (χ2n) is 6.26. The molecule has 0 bridgehead atoms. The molecule has 0 saturated heterocycles. The lowest BCUT2D eigenvalue weighted by Gasteiger charge is -2.11. The van der Waals surface area contributed by atoms with E-state index in [2.05, 4.69) is 20.7 Å². The normalized spacial score (nSPS) is 10.4. The molecule has 10 nitrogen and oxygen atoms in total. The molecule has 29 heavy (non-hydrogen) atoms. The van der Waals surface area contributed by atoms with Gasteiger partial charge in [0, 0.05) is 11.6 Å². The standard InChI is InChI=1S/C19H18N6O4/c1-13-6-8-14(9-7-13)10-20-18(27)15-4-2-3-5-16(15)22-17(26)11-24-12-21-19(23-24)25(28)29/h2-9,12H,10-11H2,1H3,(H,20,27)(H,22,26). The summed E-state index contributed by atoms with van der Waals surface area (Å²) >= 11 is 0. The molecule has 2 N–H and O–H groups in total. The van der Waals surface area contributed by atoms with E-state index in [0.717, 1.165) is 22.1 Å². The third kappa shape index (κ3) is 5.22. The van der Waals surface area contributed by atoms with Gasteiger partial charge in [-0.3, -0.25) is 9.59 Å². The molecular weight excluding hydrogens is 376 g/mol. The molecule has 3 rings (SSSR count). The zero-order valence-corrected chi connectivity index (χ0v) is 15.5. The minimum atomic E-state index is -0.748. The molecule has 1 aromatic heterocycles. The van der Waals surface area contributed by atoms with Gasteiger partial charge in [0.1, 0.15) is 6.54 Å². The number of aromatic nitrogens is 3. The molecule has 1 heterocycles. The summed E-state index contributed by atoms with van der Waals surface area (Å²) in [6, 6.07) is 14.4. The summed E-state index contributed by atoms with van der Waals surface area (Å²) in [5, 5.41) is 19.6. The SMILES string of the molecule is Cc1ccc(CNC(=O)c2ccccc2NC(=O)Cn2cnc([N+](=O)[O-])n2)cc1. The van der Waals surface area contributed by atoms with Crippen LogP contribution in [-0.2, 0) is 17.9 Å². The van der Waals surface area contributed by atoms with Crippen LogP contribution in [0.4, 0.5) is 11.6 Å². The van der Waals surface area contributed by atoms with Gasteiger partial charge in [-0.25, -0.2) is 0 Å². The Hall–Kier alpha value is -4.08. The average Bonchev–Trinajstić information content (AvgIpc) is 3.16. The highest BCUT2D eigenvalue weighted by molar-refractivity contribution is 6.03. The van der Waals surface area contributed by atoms with Crippen LogP contribution in [0.2, 0.25) is 0 Å². The fourth-order valence-corrected chi connectivity index (χ4v) is 2.56. The first-order valence-electron chi connectivity index (χ1n) is 8.69. The molecule has 0 fully saturated rings. The zero-order chi connectivity index (χ0) is 20.8. The maximum absolute atomic E-state index is 12.6. The van der Waals surface area contributed by atoms with Crippen LogP contribution in [0.25, 0.3) is 0 Å². The first kappa shape index (κ1) is 19.7. The summed E-state index contributed by atoms with van der Waals surface area (Å²) in [7, 11) is 0. The van der Waals surface area contributed by atoms with Crippen LogP contribution < -0.4 is 10.6 Å². The number of nitrogens with zero attached hydrogens (tertiary/aromatic N) is 4. The first-order chi connectivity index (χ1) is 13.9. The van der Waals surface area contributed by atoms with Crippen LogP contribution in [0.5, 0.6) is 0 Å². The van der Waals surface area contributed by atoms with Crippen molar-refractivity contribution in [1.82, 2.24) is 20.1 Å². The van der Waals surface area contributed by atoms with Crippen molar-refractivity contribution in [3.8, 4) is 0 Å². The molecule has 0 spiro atoms. The summed E-state index contributed by atoms with van der Waals surface area (Å²) < 4.78 is 1.05. The van der Waals surface area contributed by atoms with Gasteiger partial charge in [-0.1, -0.05) is 46.9 Å². The Bertz CT molecular complexity index is 1040. The summed E-state index contributed by atoms with van der Waals surface area (Å²) in [6.45, 7) is 2.06. The molecule has 0 aliphatic carbocycles. The lowest BCUT2D eigenvalue weighted by molar-refractivity contribution is -0.394. The van der Waals surface area contributed by atoms with Gasteiger partial charge in [-0.2, -0.15) is 4.68 Å². The molecule has 148 valence electrons. The van der Waals surface area contributed by atoms with Gasteiger partial charge >= 0.3 is 5.95 Å². The third-order valence-corrected chi connectivity index (χ3v) is 4.01. The molecule has 0 aliphatic heterocycles. The lowest BCUT2D eigenvalue weighted by atomic mass is 10.1. The third-order valence-electron chi connectivity index (χ3n) is 4.01. The van der Waals surface area contributed by atoms with Crippen molar-refractivity contribution < 1.29 is 14.5 Å². The molecular formula is C19H18N6O4. The van der Waals surface area contributed by atoms with E-state index in [0.29, 0.717) is 17.8 Å². The Labute approximate surface area is 165 Å². The minimum absolute atomic E-state index is 0.278. The Kier molecular flexibility index (Phi) is 5.93. The molecule has 0 aliphatic rings. The number of carbonyl (C=O) groups excluding carboxylic acids is 2. The smallest absolute Gasteiger partial charge is 0.390 e. The highest BCUT2D eigenvalue weighted by Gasteiger charge is 2.17. The van der Waals surface area contributed by atoms with Crippen molar-refractivity contribution in [1.29, 1.82) is 0 Å². The van der Waals surface area contributed by atoms with Crippen LogP contribution in [0.15, 0.2) is 54.9 Å². The largest absolute Gasteiger partial charge is 0.490 e. The molecule has 0 radical (unpaired) electrons. The maximum atomic E-state index is 12.6. The topological polar surface area (TPSA) is 132 Å². The number of aryl methyl sites for hydroxylation is 1. The summed E-state index contributed by atoms with van der Waals surface area (Å²) in [6.07, 6.45) is 1.10. The number of nitrogens with one attached hydrogen (secondary N) is 2. The number of anilines is 1. The summed E-state index contributed by atoms with van der Waals surface area (Å²) in [5.41, 5.74) is 2.72. The number of para-hydroxylation sites is 1. The van der Waals surface area contributed by atoms with Crippen molar-refractivity contribution >= 4 is 23.5 Å².